The first kappa shape index (κ1) is 16.9. The van der Waals surface area contributed by atoms with Gasteiger partial charge in [-0.1, -0.05) is 41.5 Å². The molecule has 1 amide bonds. The molecule has 0 heterocycles. The molecule has 4 nitrogen and oxygen atoms in total. The molecule has 0 aromatic heterocycles. The van der Waals surface area contributed by atoms with E-state index in [0.717, 1.165) is 28.5 Å². The van der Waals surface area contributed by atoms with Crippen LogP contribution in [0.3, 0.4) is 0 Å². The highest BCUT2D eigenvalue weighted by molar-refractivity contribution is 5.91. The Morgan fingerprint density at radius 2 is 1.70 bits per heavy atom. The summed E-state index contributed by atoms with van der Waals surface area (Å²) in [4.78, 5) is 23.1. The number of aldehydes is 1. The summed E-state index contributed by atoms with van der Waals surface area (Å²) < 4.78 is 4.78. The first-order valence-electron chi connectivity index (χ1n) is 7.45. The number of ether oxygens (including phenoxy) is 1. The van der Waals surface area contributed by atoms with Crippen LogP contribution in [-0.2, 0) is 14.3 Å². The Bertz CT molecular complexity index is 672. The Balaban J connectivity index is 2.22. The molecule has 1 N–H and O–H groups in total. The number of carbonyl (C=O) groups excluding carboxylic acids is 2. The van der Waals surface area contributed by atoms with Crippen molar-refractivity contribution in [1.82, 2.24) is 0 Å². The average Bonchev–Trinajstić information content (AvgIpc) is 2.49. The zero-order valence-corrected chi connectivity index (χ0v) is 13.6. The van der Waals surface area contributed by atoms with E-state index in [1.54, 1.807) is 12.1 Å². The molecule has 4 heteroatoms. The van der Waals surface area contributed by atoms with Gasteiger partial charge in [0.1, 0.15) is 12.9 Å². The minimum Gasteiger partial charge on any atom is -0.375 e. The maximum atomic E-state index is 11.6. The number of amides is 1. The first-order valence-corrected chi connectivity index (χ1v) is 7.45. The molecule has 0 aliphatic heterocycles. The van der Waals surface area contributed by atoms with Crippen LogP contribution in [0.5, 0.6) is 0 Å². The molecular weight excluding hydrogens is 290 g/mol. The Kier molecular flexibility index (Phi) is 5.66. The number of hydrogen-bond acceptors (Lipinski definition) is 3. The second-order valence-corrected chi connectivity index (χ2v) is 5.64. The summed E-state index contributed by atoms with van der Waals surface area (Å²) in [5, 5.41) is 2.73. The molecule has 23 heavy (non-hydrogen) atoms. The van der Waals surface area contributed by atoms with Crippen LogP contribution in [0.15, 0.2) is 42.5 Å². The molecular formula is C19H21NO3. The van der Waals surface area contributed by atoms with Crippen molar-refractivity contribution >= 4 is 17.9 Å². The fourth-order valence-electron chi connectivity index (χ4n) is 2.64. The van der Waals surface area contributed by atoms with E-state index in [2.05, 4.69) is 11.4 Å². The highest BCUT2D eigenvalue weighted by Gasteiger charge is 2.14. The number of nitrogens with one attached hydrogen (secondary N) is 1. The van der Waals surface area contributed by atoms with Crippen LogP contribution in [0, 0.1) is 13.8 Å². The highest BCUT2D eigenvalue weighted by atomic mass is 16.5. The third-order valence-corrected chi connectivity index (χ3v) is 3.57. The minimum absolute atomic E-state index is 0.0152. The van der Waals surface area contributed by atoms with Crippen LogP contribution >= 0.6 is 0 Å². The van der Waals surface area contributed by atoms with Gasteiger partial charge in [-0.05, 0) is 37.1 Å². The second kappa shape index (κ2) is 7.70. The Morgan fingerprint density at radius 1 is 1.09 bits per heavy atom. The van der Waals surface area contributed by atoms with E-state index < -0.39 is 0 Å². The lowest BCUT2D eigenvalue weighted by atomic mass is 9.90. The average molecular weight is 311 g/mol. The van der Waals surface area contributed by atoms with Gasteiger partial charge in [-0.15, -0.1) is 0 Å². The maximum absolute atomic E-state index is 11.6. The Labute approximate surface area is 136 Å². The van der Waals surface area contributed by atoms with Crippen molar-refractivity contribution in [3.63, 3.8) is 0 Å². The van der Waals surface area contributed by atoms with Crippen LogP contribution in [0.4, 0.5) is 5.69 Å². The maximum Gasteiger partial charge on any atom is 0.250 e. The smallest absolute Gasteiger partial charge is 0.250 e. The minimum atomic E-state index is -0.308. The molecule has 1 atom stereocenters. The summed E-state index contributed by atoms with van der Waals surface area (Å²) in [7, 11) is 1.47. The SMILES string of the molecule is COCC(=O)Nc1ccc(C(C=O)c2cc(C)cc(C)c2)cc1. The molecule has 0 radical (unpaired) electrons. The zero-order valence-electron chi connectivity index (χ0n) is 13.6. The van der Waals surface area contributed by atoms with Crippen molar-refractivity contribution in [3.8, 4) is 0 Å². The number of hydrogen-bond donors (Lipinski definition) is 1. The number of methoxy groups -OCH3 is 1. The van der Waals surface area contributed by atoms with Crippen LogP contribution in [0.1, 0.15) is 28.2 Å². The van der Waals surface area contributed by atoms with Gasteiger partial charge in [0, 0.05) is 12.8 Å². The third kappa shape index (κ3) is 4.50. The van der Waals surface area contributed by atoms with Crippen molar-refractivity contribution in [2.45, 2.75) is 19.8 Å². The number of benzene rings is 2. The normalized spacial score (nSPS) is 11.8. The summed E-state index contributed by atoms with van der Waals surface area (Å²) in [6.45, 7) is 4.06. The number of rotatable bonds is 6. The molecule has 1 unspecified atom stereocenters. The van der Waals surface area contributed by atoms with Gasteiger partial charge in [-0.3, -0.25) is 4.79 Å². The predicted octanol–water partition coefficient (Wildman–Crippen LogP) is 3.22. The van der Waals surface area contributed by atoms with E-state index in [9.17, 15) is 9.59 Å². The van der Waals surface area contributed by atoms with E-state index in [1.807, 2.05) is 38.1 Å². The van der Waals surface area contributed by atoms with Gasteiger partial charge in [-0.25, -0.2) is 0 Å². The molecule has 0 saturated heterocycles. The van der Waals surface area contributed by atoms with Crippen molar-refractivity contribution in [1.29, 1.82) is 0 Å². The van der Waals surface area contributed by atoms with E-state index in [-0.39, 0.29) is 18.4 Å². The quantitative estimate of drug-likeness (QED) is 0.833. The molecule has 2 rings (SSSR count). The van der Waals surface area contributed by atoms with Crippen LogP contribution in [0.25, 0.3) is 0 Å². The molecule has 0 spiro atoms. The molecule has 2 aromatic rings. The summed E-state index contributed by atoms with van der Waals surface area (Å²) in [6.07, 6.45) is 0.951. The fraction of sp³-hybridized carbons (Fsp3) is 0.263. The zero-order chi connectivity index (χ0) is 16.8. The van der Waals surface area contributed by atoms with Gasteiger partial charge in [0.2, 0.25) is 5.91 Å². The molecule has 2 aromatic carbocycles. The molecule has 0 aliphatic rings. The summed E-state index contributed by atoms with van der Waals surface area (Å²) in [6, 6.07) is 13.4. The van der Waals surface area contributed by atoms with Gasteiger partial charge in [0.25, 0.3) is 0 Å². The lowest BCUT2D eigenvalue weighted by Crippen LogP contribution is -2.17. The number of aryl methyl sites for hydroxylation is 2. The topological polar surface area (TPSA) is 55.4 Å². The van der Waals surface area contributed by atoms with Gasteiger partial charge < -0.3 is 14.8 Å². The van der Waals surface area contributed by atoms with Crippen molar-refractivity contribution in [2.24, 2.45) is 0 Å². The van der Waals surface area contributed by atoms with Crippen molar-refractivity contribution < 1.29 is 14.3 Å². The summed E-state index contributed by atoms with van der Waals surface area (Å²) in [5.41, 5.74) is 4.83. The standard InChI is InChI=1S/C19H21NO3/c1-13-8-14(2)10-16(9-13)18(11-21)15-4-6-17(7-5-15)20-19(22)12-23-3/h4-11,18H,12H2,1-3H3,(H,20,22). The fourth-order valence-corrected chi connectivity index (χ4v) is 2.64. The third-order valence-electron chi connectivity index (χ3n) is 3.57. The van der Waals surface area contributed by atoms with Crippen LogP contribution in [0.2, 0.25) is 0 Å². The van der Waals surface area contributed by atoms with Gasteiger partial charge >= 0.3 is 0 Å². The van der Waals surface area contributed by atoms with E-state index in [4.69, 9.17) is 4.74 Å². The van der Waals surface area contributed by atoms with Crippen molar-refractivity contribution in [2.75, 3.05) is 19.0 Å². The lowest BCUT2D eigenvalue weighted by Gasteiger charge is -2.14. The van der Waals surface area contributed by atoms with Crippen molar-refractivity contribution in [3.05, 3.63) is 64.7 Å². The van der Waals surface area contributed by atoms with Gasteiger partial charge in [0.05, 0.1) is 5.92 Å². The van der Waals surface area contributed by atoms with E-state index in [1.165, 1.54) is 7.11 Å². The molecule has 0 fully saturated rings. The molecule has 0 bridgehead atoms. The van der Waals surface area contributed by atoms with E-state index in [0.29, 0.717) is 5.69 Å². The first-order chi connectivity index (χ1) is 11.0. The Hall–Kier alpha value is -2.46. The summed E-state index contributed by atoms with van der Waals surface area (Å²) >= 11 is 0. The van der Waals surface area contributed by atoms with Gasteiger partial charge in [0.15, 0.2) is 0 Å². The molecule has 0 aliphatic carbocycles. The lowest BCUT2D eigenvalue weighted by molar-refractivity contribution is -0.119. The van der Waals surface area contributed by atoms with Crippen LogP contribution in [-0.4, -0.2) is 25.9 Å². The number of carbonyl (C=O) groups is 2. The largest absolute Gasteiger partial charge is 0.375 e. The monoisotopic (exact) mass is 311 g/mol. The molecule has 0 saturated carbocycles. The van der Waals surface area contributed by atoms with Gasteiger partial charge in [-0.2, -0.15) is 0 Å². The second-order valence-electron chi connectivity index (χ2n) is 5.64. The molecule has 120 valence electrons. The number of anilines is 1. The van der Waals surface area contributed by atoms with Crippen LogP contribution < -0.4 is 5.32 Å². The predicted molar refractivity (Wildman–Crippen MR) is 90.8 cm³/mol. The Morgan fingerprint density at radius 3 is 2.22 bits per heavy atom. The summed E-state index contributed by atoms with van der Waals surface area (Å²) in [5.74, 6) is -0.515. The highest BCUT2D eigenvalue weighted by Crippen LogP contribution is 2.25. The van der Waals surface area contributed by atoms with E-state index >= 15 is 0 Å².